The zero-order chi connectivity index (χ0) is 17.0. The number of aryl methyl sites for hydroxylation is 2. The van der Waals surface area contributed by atoms with Gasteiger partial charge in [-0.05, 0) is 26.0 Å². The van der Waals surface area contributed by atoms with E-state index in [0.29, 0.717) is 29.4 Å². The molecule has 0 aromatic carbocycles. The molecule has 0 atom stereocenters. The third-order valence-electron chi connectivity index (χ3n) is 3.07. The van der Waals surface area contributed by atoms with E-state index in [4.69, 9.17) is 4.52 Å². The Kier molecular flexibility index (Phi) is 4.87. The predicted octanol–water partition coefficient (Wildman–Crippen LogP) is 2.55. The molecule has 2 aromatic rings. The number of nitrogens with zero attached hydrogens (tertiary/aromatic N) is 2. The lowest BCUT2D eigenvalue weighted by atomic mass is 10.2. The van der Waals surface area contributed by atoms with Gasteiger partial charge in [-0.25, -0.2) is 4.98 Å². The minimum atomic E-state index is -4.41. The molecule has 0 radical (unpaired) electrons. The predicted molar refractivity (Wildman–Crippen MR) is 76.0 cm³/mol. The van der Waals surface area contributed by atoms with Gasteiger partial charge in [0.1, 0.15) is 17.1 Å². The van der Waals surface area contributed by atoms with Crippen molar-refractivity contribution < 1.29 is 22.5 Å². The number of halogens is 3. The average molecular weight is 328 g/mol. The molecule has 2 aromatic heterocycles. The topological polar surface area (TPSA) is 80.0 Å². The molecule has 2 heterocycles. The number of amides is 1. The molecule has 0 saturated heterocycles. The van der Waals surface area contributed by atoms with Gasteiger partial charge in [0.15, 0.2) is 0 Å². The third kappa shape index (κ3) is 4.21. The maximum absolute atomic E-state index is 12.4. The van der Waals surface area contributed by atoms with Crippen molar-refractivity contribution in [2.75, 3.05) is 18.4 Å². The van der Waals surface area contributed by atoms with E-state index in [1.807, 2.05) is 0 Å². The Labute approximate surface area is 130 Å². The molecular weight excluding hydrogens is 313 g/mol. The van der Waals surface area contributed by atoms with Crippen molar-refractivity contribution in [2.45, 2.75) is 20.0 Å². The summed E-state index contributed by atoms with van der Waals surface area (Å²) < 4.78 is 42.1. The molecular formula is C14H15F3N4O2. The van der Waals surface area contributed by atoms with Crippen LogP contribution in [0.4, 0.5) is 19.0 Å². The summed E-state index contributed by atoms with van der Waals surface area (Å²) in [5.74, 6) is 0.408. The second kappa shape index (κ2) is 6.67. The number of alkyl halides is 3. The van der Waals surface area contributed by atoms with Crippen LogP contribution in [0.5, 0.6) is 0 Å². The van der Waals surface area contributed by atoms with E-state index >= 15 is 0 Å². The summed E-state index contributed by atoms with van der Waals surface area (Å²) in [6, 6.07) is 2.18. The Balaban J connectivity index is 1.81. The second-order valence-electron chi connectivity index (χ2n) is 4.81. The number of nitrogens with one attached hydrogen (secondary N) is 2. The van der Waals surface area contributed by atoms with Crippen molar-refractivity contribution in [3.63, 3.8) is 0 Å². The number of anilines is 1. The van der Waals surface area contributed by atoms with Crippen molar-refractivity contribution in [1.29, 1.82) is 0 Å². The number of rotatable bonds is 5. The third-order valence-corrected chi connectivity index (χ3v) is 3.07. The van der Waals surface area contributed by atoms with Crippen LogP contribution in [0.1, 0.15) is 27.4 Å². The van der Waals surface area contributed by atoms with Crippen LogP contribution in [-0.4, -0.2) is 29.1 Å². The van der Waals surface area contributed by atoms with Crippen molar-refractivity contribution in [2.24, 2.45) is 0 Å². The van der Waals surface area contributed by atoms with Crippen LogP contribution >= 0.6 is 0 Å². The highest BCUT2D eigenvalue weighted by Gasteiger charge is 2.30. The van der Waals surface area contributed by atoms with Gasteiger partial charge < -0.3 is 15.2 Å². The zero-order valence-corrected chi connectivity index (χ0v) is 12.5. The highest BCUT2D eigenvalue weighted by atomic mass is 19.4. The molecule has 6 nitrogen and oxygen atoms in total. The maximum atomic E-state index is 12.4. The van der Waals surface area contributed by atoms with E-state index in [1.54, 1.807) is 13.8 Å². The summed E-state index contributed by atoms with van der Waals surface area (Å²) in [7, 11) is 0. The van der Waals surface area contributed by atoms with Gasteiger partial charge in [0.2, 0.25) is 0 Å². The van der Waals surface area contributed by atoms with E-state index in [2.05, 4.69) is 20.8 Å². The van der Waals surface area contributed by atoms with Crippen LogP contribution < -0.4 is 10.6 Å². The fourth-order valence-electron chi connectivity index (χ4n) is 1.93. The van der Waals surface area contributed by atoms with Crippen LogP contribution in [0.15, 0.2) is 22.9 Å². The molecule has 1 amide bonds. The van der Waals surface area contributed by atoms with Crippen LogP contribution in [0.2, 0.25) is 0 Å². The summed E-state index contributed by atoms with van der Waals surface area (Å²) in [6.45, 7) is 3.88. The van der Waals surface area contributed by atoms with Gasteiger partial charge in [-0.2, -0.15) is 13.2 Å². The molecule has 0 aliphatic rings. The molecule has 0 aliphatic carbocycles. The summed E-state index contributed by atoms with van der Waals surface area (Å²) in [6.07, 6.45) is -3.65. The van der Waals surface area contributed by atoms with Gasteiger partial charge in [-0.1, -0.05) is 5.16 Å². The molecule has 0 bridgehead atoms. The first-order valence-corrected chi connectivity index (χ1v) is 6.77. The van der Waals surface area contributed by atoms with Crippen molar-refractivity contribution >= 4 is 11.7 Å². The molecule has 124 valence electrons. The van der Waals surface area contributed by atoms with E-state index in [-0.39, 0.29) is 12.5 Å². The lowest BCUT2D eigenvalue weighted by Crippen LogP contribution is -2.29. The highest BCUT2D eigenvalue weighted by molar-refractivity contribution is 5.96. The van der Waals surface area contributed by atoms with Crippen molar-refractivity contribution in [1.82, 2.24) is 15.5 Å². The van der Waals surface area contributed by atoms with Crippen molar-refractivity contribution in [3.8, 4) is 0 Å². The average Bonchev–Trinajstić information content (AvgIpc) is 2.82. The van der Waals surface area contributed by atoms with Gasteiger partial charge in [0, 0.05) is 19.3 Å². The molecule has 2 rings (SSSR count). The van der Waals surface area contributed by atoms with Gasteiger partial charge in [0.25, 0.3) is 5.91 Å². The zero-order valence-electron chi connectivity index (χ0n) is 12.5. The van der Waals surface area contributed by atoms with Crippen LogP contribution in [0.25, 0.3) is 0 Å². The van der Waals surface area contributed by atoms with Gasteiger partial charge in [0.05, 0.1) is 11.3 Å². The smallest absolute Gasteiger partial charge is 0.368 e. The normalized spacial score (nSPS) is 11.3. The standard InChI is InChI=1S/C14H15F3N4O2/c1-8-12(9(2)23-21-8)13(22)19-6-5-18-11-4-3-10(7-20-11)14(15,16)17/h3-4,7H,5-6H2,1-2H3,(H,18,20)(H,19,22). The van der Waals surface area contributed by atoms with Gasteiger partial charge in [-0.3, -0.25) is 4.79 Å². The van der Waals surface area contributed by atoms with E-state index in [9.17, 15) is 18.0 Å². The van der Waals surface area contributed by atoms with Crippen molar-refractivity contribution in [3.05, 3.63) is 40.9 Å². The molecule has 0 saturated carbocycles. The lowest BCUT2D eigenvalue weighted by Gasteiger charge is -2.09. The quantitative estimate of drug-likeness (QED) is 0.825. The summed E-state index contributed by atoms with van der Waals surface area (Å²) >= 11 is 0. The largest absolute Gasteiger partial charge is 0.417 e. The number of hydrogen-bond acceptors (Lipinski definition) is 5. The van der Waals surface area contributed by atoms with Gasteiger partial charge >= 0.3 is 6.18 Å². The monoisotopic (exact) mass is 328 g/mol. The van der Waals surface area contributed by atoms with Crippen LogP contribution in [-0.2, 0) is 6.18 Å². The van der Waals surface area contributed by atoms with Crippen LogP contribution in [0.3, 0.4) is 0 Å². The number of aromatic nitrogens is 2. The first-order valence-electron chi connectivity index (χ1n) is 6.77. The van der Waals surface area contributed by atoms with E-state index < -0.39 is 11.7 Å². The fraction of sp³-hybridized carbons (Fsp3) is 0.357. The minimum absolute atomic E-state index is 0.269. The maximum Gasteiger partial charge on any atom is 0.417 e. The number of carbonyl (C=O) groups is 1. The van der Waals surface area contributed by atoms with Crippen LogP contribution in [0, 0.1) is 13.8 Å². The minimum Gasteiger partial charge on any atom is -0.368 e. The van der Waals surface area contributed by atoms with Gasteiger partial charge in [-0.15, -0.1) is 0 Å². The Bertz CT molecular complexity index is 661. The molecule has 9 heteroatoms. The Morgan fingerprint density at radius 1 is 1.26 bits per heavy atom. The summed E-state index contributed by atoms with van der Waals surface area (Å²) in [5.41, 5.74) is 0.0739. The number of hydrogen-bond donors (Lipinski definition) is 2. The molecule has 0 unspecified atom stereocenters. The highest BCUT2D eigenvalue weighted by Crippen LogP contribution is 2.28. The second-order valence-corrected chi connectivity index (χ2v) is 4.81. The van der Waals surface area contributed by atoms with E-state index in [1.165, 1.54) is 6.07 Å². The molecule has 0 fully saturated rings. The Morgan fingerprint density at radius 3 is 2.52 bits per heavy atom. The summed E-state index contributed by atoms with van der Waals surface area (Å²) in [5, 5.41) is 9.17. The number of carbonyl (C=O) groups excluding carboxylic acids is 1. The first kappa shape index (κ1) is 16.8. The molecule has 2 N–H and O–H groups in total. The molecule has 0 aliphatic heterocycles. The Hall–Kier alpha value is -2.58. The van der Waals surface area contributed by atoms with E-state index in [0.717, 1.165) is 12.3 Å². The lowest BCUT2D eigenvalue weighted by molar-refractivity contribution is -0.137. The number of pyridine rings is 1. The molecule has 23 heavy (non-hydrogen) atoms. The Morgan fingerprint density at radius 2 is 2.00 bits per heavy atom. The molecule has 0 spiro atoms. The summed E-state index contributed by atoms with van der Waals surface area (Å²) in [4.78, 5) is 15.6. The SMILES string of the molecule is Cc1noc(C)c1C(=O)NCCNc1ccc(C(F)(F)F)cn1. The first-order chi connectivity index (χ1) is 10.8. The fourth-order valence-corrected chi connectivity index (χ4v) is 1.93.